The average molecular weight is 306 g/mol. The van der Waals surface area contributed by atoms with Crippen molar-refractivity contribution in [1.29, 1.82) is 0 Å². The maximum absolute atomic E-state index is 10.7. The molecule has 0 saturated heterocycles. The van der Waals surface area contributed by atoms with Gasteiger partial charge in [0.05, 0.1) is 20.3 Å². The summed E-state index contributed by atoms with van der Waals surface area (Å²) in [7, 11) is 3.25. The summed E-state index contributed by atoms with van der Waals surface area (Å²) in [6.07, 6.45) is 4.61. The molecule has 0 aromatic heterocycles. The fourth-order valence-corrected chi connectivity index (χ4v) is 3.17. The number of hydrogen-bond acceptors (Lipinski definition) is 4. The van der Waals surface area contributed by atoms with Crippen molar-refractivity contribution in [3.8, 4) is 11.5 Å². The van der Waals surface area contributed by atoms with Crippen molar-refractivity contribution < 1.29 is 19.7 Å². The predicted octanol–water partition coefficient (Wildman–Crippen LogP) is 3.02. The number of fused-ring (bicyclic) bond motifs is 1. The summed E-state index contributed by atoms with van der Waals surface area (Å²) in [6.45, 7) is 2.18. The second kappa shape index (κ2) is 7.65. The molecule has 4 nitrogen and oxygen atoms in total. The molecule has 1 aromatic rings. The van der Waals surface area contributed by atoms with Crippen molar-refractivity contribution in [2.45, 2.75) is 38.7 Å². The highest BCUT2D eigenvalue weighted by Crippen LogP contribution is 2.39. The van der Waals surface area contributed by atoms with Gasteiger partial charge in [0, 0.05) is 17.7 Å². The third-order valence-corrected chi connectivity index (χ3v) is 4.39. The van der Waals surface area contributed by atoms with Crippen LogP contribution in [0.4, 0.5) is 0 Å². The molecule has 22 heavy (non-hydrogen) atoms. The molecule has 2 N–H and O–H groups in total. The number of methoxy groups -OCH3 is 2. The number of rotatable bonds is 3. The van der Waals surface area contributed by atoms with Gasteiger partial charge in [0.15, 0.2) is 0 Å². The van der Waals surface area contributed by atoms with E-state index < -0.39 is 6.10 Å². The van der Waals surface area contributed by atoms with E-state index in [-0.39, 0.29) is 12.5 Å². The van der Waals surface area contributed by atoms with E-state index in [0.29, 0.717) is 12.2 Å². The van der Waals surface area contributed by atoms with Crippen LogP contribution in [0.15, 0.2) is 23.8 Å². The van der Waals surface area contributed by atoms with Crippen LogP contribution in [0, 0.1) is 5.92 Å². The minimum Gasteiger partial charge on any atom is -0.496 e. The van der Waals surface area contributed by atoms with Gasteiger partial charge in [0.1, 0.15) is 11.5 Å². The standard InChI is InChI=1S/C18H26O4/c1-12-5-4-6-13(11-19)10-15(20)18-14(9-12)16(21-2)7-8-17(18)22-3/h5,7-8,13,15,19-20H,4,6,9-11H2,1-3H3/b12-5-/t13-,15-/m0/s1. The van der Waals surface area contributed by atoms with Gasteiger partial charge in [-0.2, -0.15) is 0 Å². The minimum absolute atomic E-state index is 0.0842. The molecule has 0 saturated carbocycles. The van der Waals surface area contributed by atoms with E-state index in [1.165, 1.54) is 5.57 Å². The minimum atomic E-state index is -0.664. The highest BCUT2D eigenvalue weighted by atomic mass is 16.5. The summed E-state index contributed by atoms with van der Waals surface area (Å²) in [6, 6.07) is 3.71. The number of benzene rings is 1. The summed E-state index contributed by atoms with van der Waals surface area (Å²) in [5.41, 5.74) is 3.00. The van der Waals surface area contributed by atoms with Crippen molar-refractivity contribution in [1.82, 2.24) is 0 Å². The molecular formula is C18H26O4. The van der Waals surface area contributed by atoms with Gasteiger partial charge in [-0.25, -0.2) is 0 Å². The zero-order chi connectivity index (χ0) is 16.1. The third kappa shape index (κ3) is 3.62. The van der Waals surface area contributed by atoms with Gasteiger partial charge in [0.25, 0.3) is 0 Å². The number of aliphatic hydroxyl groups is 2. The lowest BCUT2D eigenvalue weighted by Crippen LogP contribution is -2.15. The van der Waals surface area contributed by atoms with Gasteiger partial charge in [0.2, 0.25) is 0 Å². The van der Waals surface area contributed by atoms with Gasteiger partial charge < -0.3 is 19.7 Å². The Morgan fingerprint density at radius 2 is 1.86 bits per heavy atom. The molecule has 0 aliphatic heterocycles. The number of hydrogen-bond donors (Lipinski definition) is 2. The lowest BCUT2D eigenvalue weighted by molar-refractivity contribution is 0.110. The molecule has 122 valence electrons. The topological polar surface area (TPSA) is 58.9 Å². The molecule has 1 aromatic carbocycles. The van der Waals surface area contributed by atoms with Gasteiger partial charge in [-0.1, -0.05) is 11.6 Å². The lowest BCUT2D eigenvalue weighted by atomic mass is 9.87. The molecule has 0 unspecified atom stereocenters. The van der Waals surface area contributed by atoms with Crippen LogP contribution in [0.1, 0.15) is 43.4 Å². The van der Waals surface area contributed by atoms with Crippen LogP contribution in [0.5, 0.6) is 11.5 Å². The lowest BCUT2D eigenvalue weighted by Gasteiger charge is -2.25. The van der Waals surface area contributed by atoms with Crippen LogP contribution >= 0.6 is 0 Å². The van der Waals surface area contributed by atoms with Crippen molar-refractivity contribution in [2.24, 2.45) is 5.92 Å². The molecule has 0 amide bonds. The van der Waals surface area contributed by atoms with Crippen LogP contribution in [0.2, 0.25) is 0 Å². The van der Waals surface area contributed by atoms with E-state index in [9.17, 15) is 10.2 Å². The fraction of sp³-hybridized carbons (Fsp3) is 0.556. The molecule has 0 spiro atoms. The smallest absolute Gasteiger partial charge is 0.125 e. The van der Waals surface area contributed by atoms with Crippen molar-refractivity contribution in [3.63, 3.8) is 0 Å². The number of ether oxygens (including phenoxy) is 2. The Bertz CT molecular complexity index is 536. The number of aliphatic hydroxyl groups excluding tert-OH is 2. The zero-order valence-corrected chi connectivity index (χ0v) is 13.6. The Kier molecular flexibility index (Phi) is 5.86. The summed E-state index contributed by atoms with van der Waals surface area (Å²) in [5, 5.41) is 20.3. The SMILES string of the molecule is COc1ccc(OC)c2c1C/C(C)=C\CC[C@H](CO)C[C@@H]2O. The van der Waals surface area contributed by atoms with Crippen LogP contribution in [0.3, 0.4) is 0 Å². The van der Waals surface area contributed by atoms with Crippen LogP contribution < -0.4 is 9.47 Å². The van der Waals surface area contributed by atoms with Crippen LogP contribution in [0.25, 0.3) is 0 Å². The van der Waals surface area contributed by atoms with E-state index in [2.05, 4.69) is 13.0 Å². The molecule has 2 rings (SSSR count). The summed E-state index contributed by atoms with van der Waals surface area (Å²) < 4.78 is 10.9. The molecule has 0 radical (unpaired) electrons. The van der Waals surface area contributed by atoms with Gasteiger partial charge in [-0.15, -0.1) is 0 Å². The van der Waals surface area contributed by atoms with E-state index in [4.69, 9.17) is 9.47 Å². The van der Waals surface area contributed by atoms with Gasteiger partial charge >= 0.3 is 0 Å². The van der Waals surface area contributed by atoms with Crippen molar-refractivity contribution in [2.75, 3.05) is 20.8 Å². The molecule has 0 bridgehead atoms. The predicted molar refractivity (Wildman–Crippen MR) is 86.4 cm³/mol. The normalized spacial score (nSPS) is 24.9. The molecule has 2 atom stereocenters. The second-order valence-corrected chi connectivity index (χ2v) is 5.97. The molecular weight excluding hydrogens is 280 g/mol. The summed E-state index contributed by atoms with van der Waals surface area (Å²) >= 11 is 0. The van der Waals surface area contributed by atoms with Gasteiger partial charge in [-0.3, -0.25) is 0 Å². The fourth-order valence-electron chi connectivity index (χ4n) is 3.17. The highest BCUT2D eigenvalue weighted by Gasteiger charge is 2.25. The first-order chi connectivity index (χ1) is 10.6. The van der Waals surface area contributed by atoms with E-state index in [0.717, 1.165) is 36.1 Å². The maximum Gasteiger partial charge on any atom is 0.125 e. The zero-order valence-electron chi connectivity index (χ0n) is 13.6. The maximum atomic E-state index is 10.7. The highest BCUT2D eigenvalue weighted by molar-refractivity contribution is 5.51. The van der Waals surface area contributed by atoms with Crippen LogP contribution in [-0.4, -0.2) is 31.0 Å². The van der Waals surface area contributed by atoms with E-state index >= 15 is 0 Å². The quantitative estimate of drug-likeness (QED) is 0.843. The third-order valence-electron chi connectivity index (χ3n) is 4.39. The van der Waals surface area contributed by atoms with Crippen molar-refractivity contribution >= 4 is 0 Å². The Morgan fingerprint density at radius 3 is 2.50 bits per heavy atom. The average Bonchev–Trinajstić information content (AvgIpc) is 2.52. The second-order valence-electron chi connectivity index (χ2n) is 5.97. The van der Waals surface area contributed by atoms with Crippen molar-refractivity contribution in [3.05, 3.63) is 34.9 Å². The largest absolute Gasteiger partial charge is 0.496 e. The Hall–Kier alpha value is -1.52. The summed E-state index contributed by atoms with van der Waals surface area (Å²) in [4.78, 5) is 0. The molecule has 4 heteroatoms. The summed E-state index contributed by atoms with van der Waals surface area (Å²) in [5.74, 6) is 1.53. The Labute approximate surface area is 132 Å². The first-order valence-corrected chi connectivity index (χ1v) is 7.79. The Balaban J connectivity index is 2.55. The first-order valence-electron chi connectivity index (χ1n) is 7.79. The molecule has 1 aliphatic rings. The Morgan fingerprint density at radius 1 is 1.18 bits per heavy atom. The number of allylic oxidation sites excluding steroid dienone is 2. The van der Waals surface area contributed by atoms with E-state index in [1.807, 2.05) is 12.1 Å². The molecule has 1 aliphatic carbocycles. The van der Waals surface area contributed by atoms with Gasteiger partial charge in [-0.05, 0) is 50.7 Å². The molecule has 0 heterocycles. The molecule has 0 fully saturated rings. The van der Waals surface area contributed by atoms with Crippen LogP contribution in [-0.2, 0) is 6.42 Å². The monoisotopic (exact) mass is 306 g/mol. The van der Waals surface area contributed by atoms with E-state index in [1.54, 1.807) is 14.2 Å². The first kappa shape index (κ1) is 16.8.